The van der Waals surface area contributed by atoms with E-state index in [1.54, 1.807) is 35.2 Å². The molecule has 1 saturated heterocycles. The minimum atomic E-state index is -1.33. The van der Waals surface area contributed by atoms with Crippen molar-refractivity contribution in [3.8, 4) is 0 Å². The number of nitrogens with one attached hydrogen (secondary N) is 4. The molecule has 3 rings (SSSR count). The molecule has 3 amide bonds. The van der Waals surface area contributed by atoms with E-state index >= 15 is 0 Å². The molecule has 0 aromatic heterocycles. The highest BCUT2D eigenvalue weighted by atomic mass is 16.5. The van der Waals surface area contributed by atoms with Crippen LogP contribution in [0.1, 0.15) is 31.2 Å². The van der Waals surface area contributed by atoms with Gasteiger partial charge in [0.05, 0.1) is 6.54 Å². The number of ether oxygens (including phenoxy) is 1. The number of carboxylic acids is 1. The van der Waals surface area contributed by atoms with Crippen LogP contribution in [-0.4, -0.2) is 84.7 Å². The van der Waals surface area contributed by atoms with E-state index in [0.29, 0.717) is 38.8 Å². The van der Waals surface area contributed by atoms with Crippen LogP contribution in [0.15, 0.2) is 48.0 Å². The number of likely N-dealkylation sites (tertiary alicyclic amines) is 1. The van der Waals surface area contributed by atoms with Crippen LogP contribution in [0.2, 0.25) is 0 Å². The Morgan fingerprint density at radius 1 is 1.21 bits per heavy atom. The molecule has 1 aromatic rings. The number of alkyl carbamates (subject to hydrolysis) is 1. The van der Waals surface area contributed by atoms with E-state index < -0.39 is 18.1 Å². The molecular weight excluding hydrogens is 492 g/mol. The number of carbonyl (C=O) groups excluding carboxylic acids is 3. The highest BCUT2D eigenvalue weighted by Crippen LogP contribution is 2.18. The van der Waals surface area contributed by atoms with Crippen molar-refractivity contribution in [3.05, 3.63) is 48.6 Å². The van der Waals surface area contributed by atoms with Crippen molar-refractivity contribution in [2.45, 2.75) is 44.4 Å². The number of carbonyl (C=O) groups is 4. The lowest BCUT2D eigenvalue weighted by Gasteiger charge is -2.32. The van der Waals surface area contributed by atoms with Crippen LogP contribution in [0.5, 0.6) is 0 Å². The maximum absolute atomic E-state index is 12.7. The lowest BCUT2D eigenvalue weighted by atomic mass is 9.95. The summed E-state index contributed by atoms with van der Waals surface area (Å²) >= 11 is 0. The summed E-state index contributed by atoms with van der Waals surface area (Å²) in [6, 6.07) is 7.58. The molecule has 5 N–H and O–H groups in total. The van der Waals surface area contributed by atoms with Crippen molar-refractivity contribution >= 4 is 29.8 Å². The fourth-order valence-electron chi connectivity index (χ4n) is 4.20. The van der Waals surface area contributed by atoms with Gasteiger partial charge in [0, 0.05) is 44.6 Å². The normalized spacial score (nSPS) is 16.8. The molecule has 1 fully saturated rings. The fraction of sp³-hybridized carbons (Fsp3) is 0.500. The van der Waals surface area contributed by atoms with Crippen LogP contribution in [0.4, 0.5) is 4.79 Å². The average Bonchev–Trinajstić information content (AvgIpc) is 3.45. The van der Waals surface area contributed by atoms with Gasteiger partial charge in [0.25, 0.3) is 0 Å². The van der Waals surface area contributed by atoms with E-state index in [9.17, 15) is 24.3 Å². The molecular formula is C26H36N6O6. The van der Waals surface area contributed by atoms with Gasteiger partial charge in [-0.3, -0.25) is 14.6 Å². The number of rotatable bonds is 12. The van der Waals surface area contributed by atoms with E-state index in [2.05, 4.69) is 32.8 Å². The van der Waals surface area contributed by atoms with E-state index in [1.807, 2.05) is 6.07 Å². The van der Waals surface area contributed by atoms with Gasteiger partial charge in [0.1, 0.15) is 12.6 Å². The van der Waals surface area contributed by atoms with Crippen molar-refractivity contribution in [1.82, 2.24) is 26.2 Å². The SMILES string of the molecule is C=CC(CCC(=O)N1CCC(C(=O)NC[C@H](NC(=O)OCc2ccccc2)C(=O)O)CC1)NC1=NCCN1. The number of benzene rings is 1. The lowest BCUT2D eigenvalue weighted by molar-refractivity contribution is -0.140. The molecule has 2 heterocycles. The number of carboxylic acid groups (broad SMARTS) is 1. The summed E-state index contributed by atoms with van der Waals surface area (Å²) in [6.45, 7) is 5.96. The first-order chi connectivity index (χ1) is 18.4. The number of aliphatic imine (C=N–C) groups is 1. The molecule has 0 spiro atoms. The van der Waals surface area contributed by atoms with Gasteiger partial charge in [0.2, 0.25) is 11.8 Å². The first-order valence-corrected chi connectivity index (χ1v) is 12.8. The van der Waals surface area contributed by atoms with E-state index in [-0.39, 0.29) is 36.9 Å². The number of guanidine groups is 1. The van der Waals surface area contributed by atoms with Crippen LogP contribution in [0.3, 0.4) is 0 Å². The number of piperidine rings is 1. The molecule has 0 radical (unpaired) electrons. The second-order valence-corrected chi connectivity index (χ2v) is 9.18. The van der Waals surface area contributed by atoms with Gasteiger partial charge in [-0.2, -0.15) is 0 Å². The predicted molar refractivity (Wildman–Crippen MR) is 140 cm³/mol. The van der Waals surface area contributed by atoms with Crippen LogP contribution >= 0.6 is 0 Å². The average molecular weight is 529 g/mol. The largest absolute Gasteiger partial charge is 0.480 e. The quantitative estimate of drug-likeness (QED) is 0.247. The Hall–Kier alpha value is -4.09. The number of hydrogen-bond donors (Lipinski definition) is 5. The van der Waals surface area contributed by atoms with Gasteiger partial charge in [-0.15, -0.1) is 6.58 Å². The number of nitrogens with zero attached hydrogens (tertiary/aromatic N) is 2. The van der Waals surface area contributed by atoms with Gasteiger partial charge >= 0.3 is 12.1 Å². The molecule has 12 heteroatoms. The Kier molecular flexibility index (Phi) is 10.9. The van der Waals surface area contributed by atoms with Gasteiger partial charge < -0.3 is 36.0 Å². The van der Waals surface area contributed by atoms with Gasteiger partial charge in [-0.1, -0.05) is 36.4 Å². The van der Waals surface area contributed by atoms with Crippen molar-refractivity contribution in [2.75, 3.05) is 32.7 Å². The molecule has 2 aliphatic rings. The lowest BCUT2D eigenvalue weighted by Crippen LogP contribution is -2.50. The Bertz CT molecular complexity index is 1010. The third kappa shape index (κ3) is 9.09. The molecule has 0 aliphatic carbocycles. The summed E-state index contributed by atoms with van der Waals surface area (Å²) in [7, 11) is 0. The zero-order chi connectivity index (χ0) is 27.3. The Morgan fingerprint density at radius 3 is 2.58 bits per heavy atom. The second-order valence-electron chi connectivity index (χ2n) is 9.18. The number of hydrogen-bond acceptors (Lipinski definition) is 8. The van der Waals surface area contributed by atoms with Crippen molar-refractivity contribution < 1.29 is 29.0 Å². The third-order valence-corrected chi connectivity index (χ3v) is 6.45. The number of amides is 3. The monoisotopic (exact) mass is 528 g/mol. The van der Waals surface area contributed by atoms with Gasteiger partial charge in [-0.25, -0.2) is 9.59 Å². The summed E-state index contributed by atoms with van der Waals surface area (Å²) in [6.07, 6.45) is 2.76. The predicted octanol–water partition coefficient (Wildman–Crippen LogP) is 0.604. The highest BCUT2D eigenvalue weighted by molar-refractivity contribution is 5.83. The van der Waals surface area contributed by atoms with Crippen LogP contribution in [0.25, 0.3) is 0 Å². The van der Waals surface area contributed by atoms with Crippen LogP contribution in [0, 0.1) is 5.92 Å². The molecule has 38 heavy (non-hydrogen) atoms. The zero-order valence-electron chi connectivity index (χ0n) is 21.4. The minimum Gasteiger partial charge on any atom is -0.480 e. The second kappa shape index (κ2) is 14.6. The molecule has 2 aliphatic heterocycles. The van der Waals surface area contributed by atoms with E-state index in [1.165, 1.54) is 0 Å². The first-order valence-electron chi connectivity index (χ1n) is 12.8. The summed E-state index contributed by atoms with van der Waals surface area (Å²) in [5.74, 6) is -1.19. The molecule has 12 nitrogen and oxygen atoms in total. The highest BCUT2D eigenvalue weighted by Gasteiger charge is 2.29. The maximum atomic E-state index is 12.7. The van der Waals surface area contributed by atoms with Crippen molar-refractivity contribution in [3.63, 3.8) is 0 Å². The van der Waals surface area contributed by atoms with E-state index in [0.717, 1.165) is 24.6 Å². The maximum Gasteiger partial charge on any atom is 0.408 e. The standard InChI is InChI=1S/C26H36N6O6/c1-2-20(30-25-27-12-13-28-25)8-9-22(33)32-14-10-19(11-15-32)23(34)29-16-21(24(35)36)31-26(37)38-17-18-6-4-3-5-7-18/h2-7,19-21H,1,8-17H2,(H,29,34)(H,31,37)(H,35,36)(H2,27,28,30)/t20?,21-/m0/s1. The Labute approximate surface area is 221 Å². The van der Waals surface area contributed by atoms with E-state index in [4.69, 9.17) is 4.74 Å². The molecule has 0 saturated carbocycles. The minimum absolute atomic E-state index is 0.0000750. The molecule has 1 aromatic carbocycles. The molecule has 0 bridgehead atoms. The Morgan fingerprint density at radius 2 is 1.95 bits per heavy atom. The zero-order valence-corrected chi connectivity index (χ0v) is 21.4. The van der Waals surface area contributed by atoms with Crippen molar-refractivity contribution in [2.24, 2.45) is 10.9 Å². The summed E-state index contributed by atoms with van der Waals surface area (Å²) in [5.41, 5.74) is 0.765. The topological polar surface area (TPSA) is 161 Å². The Balaban J connectivity index is 1.35. The fourth-order valence-corrected chi connectivity index (χ4v) is 4.20. The molecule has 206 valence electrons. The summed E-state index contributed by atoms with van der Waals surface area (Å²) < 4.78 is 5.06. The van der Waals surface area contributed by atoms with Crippen LogP contribution in [-0.2, 0) is 25.7 Å². The smallest absolute Gasteiger partial charge is 0.408 e. The van der Waals surface area contributed by atoms with Gasteiger partial charge in [-0.05, 0) is 24.8 Å². The summed E-state index contributed by atoms with van der Waals surface area (Å²) in [4.78, 5) is 54.9. The molecule has 2 atom stereocenters. The number of aliphatic carboxylic acids is 1. The first kappa shape index (κ1) is 28.5. The van der Waals surface area contributed by atoms with Gasteiger partial charge in [0.15, 0.2) is 5.96 Å². The summed E-state index contributed by atoms with van der Waals surface area (Å²) in [5, 5.41) is 20.7. The van der Waals surface area contributed by atoms with Crippen LogP contribution < -0.4 is 21.3 Å². The third-order valence-electron chi connectivity index (χ3n) is 6.45. The molecule has 1 unspecified atom stereocenters. The van der Waals surface area contributed by atoms with Crippen molar-refractivity contribution in [1.29, 1.82) is 0 Å².